The van der Waals surface area contributed by atoms with Crippen molar-refractivity contribution in [2.24, 2.45) is 5.73 Å². The van der Waals surface area contributed by atoms with Gasteiger partial charge in [0.1, 0.15) is 0 Å². The number of thiazole rings is 1. The fourth-order valence-corrected chi connectivity index (χ4v) is 2.80. The summed E-state index contributed by atoms with van der Waals surface area (Å²) in [5, 5.41) is 3.19. The molecule has 0 amide bonds. The largest absolute Gasteiger partial charge is 0.382 e. The lowest BCUT2D eigenvalue weighted by Gasteiger charge is -2.09. The van der Waals surface area contributed by atoms with E-state index < -0.39 is 0 Å². The van der Waals surface area contributed by atoms with Crippen molar-refractivity contribution in [3.05, 3.63) is 52.0 Å². The molecule has 4 nitrogen and oxygen atoms in total. The van der Waals surface area contributed by atoms with E-state index in [2.05, 4.69) is 22.5 Å². The highest BCUT2D eigenvalue weighted by Crippen LogP contribution is 2.18. The summed E-state index contributed by atoms with van der Waals surface area (Å²) >= 11 is 1.67. The summed E-state index contributed by atoms with van der Waals surface area (Å²) in [7, 11) is 1.67. The molecule has 0 fully saturated rings. The molecule has 0 aliphatic rings. The number of hydrogen-bond donors (Lipinski definition) is 1. The Balaban J connectivity index is 1.77. The lowest BCUT2D eigenvalue weighted by molar-refractivity contribution is 0.0722. The van der Waals surface area contributed by atoms with Gasteiger partial charge in [-0.05, 0) is 5.56 Å². The van der Waals surface area contributed by atoms with Gasteiger partial charge in [-0.15, -0.1) is 11.3 Å². The summed E-state index contributed by atoms with van der Waals surface area (Å²) in [5.74, 6) is 0. The molecule has 1 heterocycles. The number of nitrogens with two attached hydrogens (primary N) is 1. The van der Waals surface area contributed by atoms with Gasteiger partial charge in [0.2, 0.25) is 0 Å². The van der Waals surface area contributed by atoms with Crippen LogP contribution in [0.25, 0.3) is 0 Å². The van der Waals surface area contributed by atoms with Gasteiger partial charge in [0, 0.05) is 31.4 Å². The quantitative estimate of drug-likeness (QED) is 0.724. The Bertz CT molecular complexity index is 516. The number of ether oxygens (including phenoxy) is 2. The SMILES string of the molecule is COCCOCCc1nc(CC(N)c2ccccc2)cs1. The Labute approximate surface area is 129 Å². The van der Waals surface area contributed by atoms with Gasteiger partial charge in [0.25, 0.3) is 0 Å². The summed E-state index contributed by atoms with van der Waals surface area (Å²) in [4.78, 5) is 4.62. The number of rotatable bonds is 9. The molecular formula is C16H22N2O2S. The van der Waals surface area contributed by atoms with Gasteiger partial charge < -0.3 is 15.2 Å². The summed E-state index contributed by atoms with van der Waals surface area (Å²) in [6.07, 6.45) is 1.61. The maximum Gasteiger partial charge on any atom is 0.0951 e. The highest BCUT2D eigenvalue weighted by atomic mass is 32.1. The molecular weight excluding hydrogens is 284 g/mol. The average Bonchev–Trinajstić information content (AvgIpc) is 2.95. The molecule has 1 unspecified atom stereocenters. The number of aromatic nitrogens is 1. The van der Waals surface area contributed by atoms with Crippen molar-refractivity contribution in [2.75, 3.05) is 26.9 Å². The molecule has 0 aliphatic heterocycles. The summed E-state index contributed by atoms with van der Waals surface area (Å²) in [6.45, 7) is 1.95. The van der Waals surface area contributed by atoms with Crippen LogP contribution in [0.5, 0.6) is 0 Å². The number of nitrogens with zero attached hydrogens (tertiary/aromatic N) is 1. The van der Waals surface area contributed by atoms with Crippen LogP contribution in [-0.4, -0.2) is 31.9 Å². The first kappa shape index (κ1) is 16.1. The van der Waals surface area contributed by atoms with Crippen molar-refractivity contribution in [1.29, 1.82) is 0 Å². The molecule has 2 rings (SSSR count). The third-order valence-corrected chi connectivity index (χ3v) is 4.11. The maximum absolute atomic E-state index is 6.22. The minimum Gasteiger partial charge on any atom is -0.382 e. The Morgan fingerprint density at radius 1 is 1.19 bits per heavy atom. The number of hydrogen-bond acceptors (Lipinski definition) is 5. The molecule has 1 atom stereocenters. The molecule has 1 aromatic carbocycles. The molecule has 0 radical (unpaired) electrons. The van der Waals surface area contributed by atoms with Gasteiger partial charge in [-0.25, -0.2) is 4.98 Å². The van der Waals surface area contributed by atoms with E-state index in [9.17, 15) is 0 Å². The normalized spacial score (nSPS) is 12.5. The summed E-state index contributed by atoms with van der Waals surface area (Å²) in [5.41, 5.74) is 8.42. The van der Waals surface area contributed by atoms with Crippen molar-refractivity contribution in [3.8, 4) is 0 Å². The second-order valence-electron chi connectivity index (χ2n) is 4.81. The van der Waals surface area contributed by atoms with E-state index in [0.29, 0.717) is 19.8 Å². The smallest absolute Gasteiger partial charge is 0.0951 e. The summed E-state index contributed by atoms with van der Waals surface area (Å²) < 4.78 is 10.4. The van der Waals surface area contributed by atoms with Crippen LogP contribution in [0.15, 0.2) is 35.7 Å². The van der Waals surface area contributed by atoms with Crippen molar-refractivity contribution in [3.63, 3.8) is 0 Å². The third kappa shape index (κ3) is 5.55. The van der Waals surface area contributed by atoms with E-state index >= 15 is 0 Å². The van der Waals surface area contributed by atoms with E-state index in [-0.39, 0.29) is 6.04 Å². The van der Waals surface area contributed by atoms with Crippen LogP contribution < -0.4 is 5.73 Å². The fraction of sp³-hybridized carbons (Fsp3) is 0.438. The molecule has 0 aliphatic carbocycles. The Hall–Kier alpha value is -1.27. The van der Waals surface area contributed by atoms with E-state index in [1.165, 1.54) is 0 Å². The van der Waals surface area contributed by atoms with Crippen LogP contribution in [0.1, 0.15) is 22.3 Å². The highest BCUT2D eigenvalue weighted by molar-refractivity contribution is 7.09. The highest BCUT2D eigenvalue weighted by Gasteiger charge is 2.09. The maximum atomic E-state index is 6.22. The second kappa shape index (κ2) is 8.89. The molecule has 114 valence electrons. The van der Waals surface area contributed by atoms with Crippen molar-refractivity contribution in [2.45, 2.75) is 18.9 Å². The predicted octanol–water partition coefficient (Wildman–Crippen LogP) is 2.59. The molecule has 0 spiro atoms. The van der Waals surface area contributed by atoms with Crippen LogP contribution in [0.2, 0.25) is 0 Å². The number of methoxy groups -OCH3 is 1. The van der Waals surface area contributed by atoms with Crippen LogP contribution in [0.3, 0.4) is 0 Å². The standard InChI is InChI=1S/C16H22N2O2S/c1-19-9-10-20-8-7-16-18-14(12-21-16)11-15(17)13-5-3-2-4-6-13/h2-6,12,15H,7-11,17H2,1H3. The second-order valence-corrected chi connectivity index (χ2v) is 5.75. The number of benzene rings is 1. The van der Waals surface area contributed by atoms with Gasteiger partial charge in [-0.3, -0.25) is 0 Å². The Morgan fingerprint density at radius 3 is 2.76 bits per heavy atom. The summed E-state index contributed by atoms with van der Waals surface area (Å²) in [6, 6.07) is 10.1. The van der Waals surface area contributed by atoms with Crippen LogP contribution >= 0.6 is 11.3 Å². The zero-order chi connectivity index (χ0) is 14.9. The predicted molar refractivity (Wildman–Crippen MR) is 85.6 cm³/mol. The monoisotopic (exact) mass is 306 g/mol. The molecule has 2 aromatic rings. The van der Waals surface area contributed by atoms with E-state index in [0.717, 1.165) is 29.1 Å². The molecule has 0 saturated heterocycles. The lowest BCUT2D eigenvalue weighted by Crippen LogP contribution is -2.13. The van der Waals surface area contributed by atoms with Gasteiger partial charge in [-0.2, -0.15) is 0 Å². The Morgan fingerprint density at radius 2 is 2.00 bits per heavy atom. The van der Waals surface area contributed by atoms with Crippen molar-refractivity contribution in [1.82, 2.24) is 4.98 Å². The van der Waals surface area contributed by atoms with Gasteiger partial charge in [-0.1, -0.05) is 30.3 Å². The van der Waals surface area contributed by atoms with Gasteiger partial charge in [0.15, 0.2) is 0 Å². The van der Waals surface area contributed by atoms with Crippen LogP contribution in [0, 0.1) is 0 Å². The minimum absolute atomic E-state index is 0.000831. The molecule has 0 bridgehead atoms. The Kier molecular flexibility index (Phi) is 6.82. The van der Waals surface area contributed by atoms with E-state index in [4.69, 9.17) is 15.2 Å². The van der Waals surface area contributed by atoms with E-state index in [1.807, 2.05) is 18.2 Å². The zero-order valence-corrected chi connectivity index (χ0v) is 13.1. The van der Waals surface area contributed by atoms with Crippen molar-refractivity contribution < 1.29 is 9.47 Å². The van der Waals surface area contributed by atoms with Crippen LogP contribution in [0.4, 0.5) is 0 Å². The first-order valence-electron chi connectivity index (χ1n) is 7.10. The molecule has 5 heteroatoms. The zero-order valence-electron chi connectivity index (χ0n) is 12.3. The molecule has 21 heavy (non-hydrogen) atoms. The topological polar surface area (TPSA) is 57.4 Å². The van der Waals surface area contributed by atoms with E-state index in [1.54, 1.807) is 18.4 Å². The van der Waals surface area contributed by atoms with Gasteiger partial charge >= 0.3 is 0 Å². The first-order valence-corrected chi connectivity index (χ1v) is 7.98. The fourth-order valence-electron chi connectivity index (χ4n) is 2.00. The minimum atomic E-state index is -0.000831. The van der Waals surface area contributed by atoms with Crippen molar-refractivity contribution >= 4 is 11.3 Å². The molecule has 2 N–H and O–H groups in total. The van der Waals surface area contributed by atoms with Gasteiger partial charge in [0.05, 0.1) is 30.5 Å². The molecule has 1 aromatic heterocycles. The first-order chi connectivity index (χ1) is 10.3. The van der Waals surface area contributed by atoms with Crippen LogP contribution in [-0.2, 0) is 22.3 Å². The molecule has 0 saturated carbocycles. The average molecular weight is 306 g/mol. The lowest BCUT2D eigenvalue weighted by atomic mass is 10.0. The third-order valence-electron chi connectivity index (χ3n) is 3.15.